The molecule has 0 aromatic rings. The van der Waals surface area contributed by atoms with Gasteiger partial charge in [0.1, 0.15) is 23.1 Å². The molecule has 0 radical (unpaired) electrons. The number of Topliss-reactive ketones (excluding diaryl/α,β-unsaturated/α-hetero) is 4. The van der Waals surface area contributed by atoms with Crippen LogP contribution in [-0.2, 0) is 38.4 Å². The average Bonchev–Trinajstić information content (AvgIpc) is 3.34. The number of carbonyl (C=O) groups is 8. The molecule has 5 N–H and O–H groups in total. The van der Waals surface area contributed by atoms with Crippen LogP contribution in [0.4, 0.5) is 0 Å². The quantitative estimate of drug-likeness (QED) is 0.0405. The van der Waals surface area contributed by atoms with Crippen molar-refractivity contribution in [2.75, 3.05) is 121 Å². The number of amides is 4. The first-order valence-electron chi connectivity index (χ1n) is 29.9. The van der Waals surface area contributed by atoms with Crippen molar-refractivity contribution in [3.63, 3.8) is 0 Å². The van der Waals surface area contributed by atoms with E-state index in [2.05, 4.69) is 80.8 Å². The molecule has 0 rings (SSSR count). The van der Waals surface area contributed by atoms with E-state index < -0.39 is 39.9 Å². The zero-order valence-electron chi connectivity index (χ0n) is 52.9. The molecule has 0 heterocycles. The number of ketones is 4. The third-order valence-electron chi connectivity index (χ3n) is 15.2. The van der Waals surface area contributed by atoms with Crippen molar-refractivity contribution in [3.8, 4) is 0 Å². The minimum atomic E-state index is -1.25. The second-order valence-corrected chi connectivity index (χ2v) is 26.1. The monoisotopic (exact) mass is 1100 g/mol. The lowest BCUT2D eigenvalue weighted by Gasteiger charge is -2.35. The zero-order valence-corrected chi connectivity index (χ0v) is 52.9. The Morgan fingerprint density at radius 3 is 1.32 bits per heavy atom. The summed E-state index contributed by atoms with van der Waals surface area (Å²) >= 11 is 0. The summed E-state index contributed by atoms with van der Waals surface area (Å²) in [6.45, 7) is 29.9. The Hall–Kier alpha value is -3.64. The van der Waals surface area contributed by atoms with E-state index in [4.69, 9.17) is 0 Å². The Labute approximate surface area is 475 Å². The van der Waals surface area contributed by atoms with E-state index in [0.717, 1.165) is 64.7 Å². The lowest BCUT2D eigenvalue weighted by Crippen LogP contribution is -2.44. The van der Waals surface area contributed by atoms with E-state index in [9.17, 15) is 33.6 Å². The molecule has 0 aromatic heterocycles. The lowest BCUT2D eigenvalue weighted by atomic mass is 9.67. The van der Waals surface area contributed by atoms with Gasteiger partial charge in [0.05, 0.1) is 6.54 Å². The van der Waals surface area contributed by atoms with Crippen LogP contribution in [0.15, 0.2) is 0 Å². The van der Waals surface area contributed by atoms with Gasteiger partial charge in [-0.2, -0.15) is 0 Å². The number of unbranched alkanes of at least 4 members (excludes halogenated alkanes) is 1. The van der Waals surface area contributed by atoms with Crippen molar-refractivity contribution in [1.82, 2.24) is 46.2 Å². The normalized spacial score (nSPS) is 14.0. The Bertz CT molecular complexity index is 1800. The summed E-state index contributed by atoms with van der Waals surface area (Å²) in [4.78, 5) is 122. The number of carbonyl (C=O) groups excluding carboxylic acids is 8. The van der Waals surface area contributed by atoms with Gasteiger partial charge >= 0.3 is 0 Å². The maximum atomic E-state index is 15.2. The number of nitrogens with zero attached hydrogens (tertiary/aromatic N) is 4. The maximum Gasteiger partial charge on any atom is 0.223 e. The molecular weight excluding hydrogens is 987 g/mol. The van der Waals surface area contributed by atoms with Crippen molar-refractivity contribution in [2.24, 2.45) is 51.8 Å². The summed E-state index contributed by atoms with van der Waals surface area (Å²) in [7, 11) is 12.0. The highest BCUT2D eigenvalue weighted by atomic mass is 16.2. The summed E-state index contributed by atoms with van der Waals surface area (Å²) < 4.78 is 0. The standard InChI is InChI=1S/C61H117N9O8/c1-19-21-26-62-44-51(71)48(39-54(74)64-29-31-69(17)35-33-67(13)14)41-59(7,8)53(73)38-50(58(78)66-30-32-70(18)36-34-68(15)16)43-61(11,12)56(76)49(40-55(75)63-27-22-24-45(3)4)42-60(9,10)52(72)37-47(20-2)57(77)65-28-23-25-46(5)6/h45-50,62H,19-44H2,1-18H3,(H,63,75)(H,64,74)(H,65,77)(H,66,78). The highest BCUT2D eigenvalue weighted by Crippen LogP contribution is 2.40. The molecule has 4 unspecified atom stereocenters. The van der Waals surface area contributed by atoms with E-state index >= 15 is 4.79 Å². The van der Waals surface area contributed by atoms with E-state index in [1.807, 2.05) is 49.2 Å². The first-order valence-corrected chi connectivity index (χ1v) is 29.9. The van der Waals surface area contributed by atoms with Gasteiger partial charge in [-0.1, -0.05) is 89.5 Å². The largest absolute Gasteiger partial charge is 0.356 e. The van der Waals surface area contributed by atoms with Crippen molar-refractivity contribution in [3.05, 3.63) is 0 Å². The van der Waals surface area contributed by atoms with Crippen LogP contribution in [0.5, 0.6) is 0 Å². The molecule has 4 amide bonds. The van der Waals surface area contributed by atoms with Gasteiger partial charge < -0.3 is 46.2 Å². The third-order valence-corrected chi connectivity index (χ3v) is 15.2. The molecule has 0 bridgehead atoms. The molecular formula is C61H117N9O8. The summed E-state index contributed by atoms with van der Waals surface area (Å²) in [5, 5.41) is 15.3. The van der Waals surface area contributed by atoms with Crippen molar-refractivity contribution >= 4 is 46.8 Å². The molecule has 0 spiro atoms. The lowest BCUT2D eigenvalue weighted by molar-refractivity contribution is -0.141. The number of nitrogens with one attached hydrogen (secondary N) is 5. The highest BCUT2D eigenvalue weighted by molar-refractivity contribution is 5.95. The van der Waals surface area contributed by atoms with Gasteiger partial charge in [0.15, 0.2) is 0 Å². The minimum Gasteiger partial charge on any atom is -0.356 e. The van der Waals surface area contributed by atoms with Crippen LogP contribution in [0, 0.1) is 51.8 Å². The number of hydrogen-bond donors (Lipinski definition) is 5. The topological polar surface area (TPSA) is 210 Å². The van der Waals surface area contributed by atoms with E-state index in [-0.39, 0.29) is 98.3 Å². The van der Waals surface area contributed by atoms with Crippen LogP contribution in [0.3, 0.4) is 0 Å². The molecule has 17 nitrogen and oxygen atoms in total. The van der Waals surface area contributed by atoms with Crippen LogP contribution in [0.1, 0.15) is 173 Å². The summed E-state index contributed by atoms with van der Waals surface area (Å²) in [5.74, 6) is -4.25. The smallest absolute Gasteiger partial charge is 0.223 e. The number of rotatable bonds is 47. The minimum absolute atomic E-state index is 0.00289. The Morgan fingerprint density at radius 2 is 0.846 bits per heavy atom. The van der Waals surface area contributed by atoms with Crippen LogP contribution in [0.25, 0.3) is 0 Å². The molecule has 4 atom stereocenters. The van der Waals surface area contributed by atoms with Crippen molar-refractivity contribution in [1.29, 1.82) is 0 Å². The predicted octanol–water partition coefficient (Wildman–Crippen LogP) is 6.66. The molecule has 78 heavy (non-hydrogen) atoms. The second-order valence-electron chi connectivity index (χ2n) is 26.1. The van der Waals surface area contributed by atoms with E-state index in [0.29, 0.717) is 64.1 Å². The van der Waals surface area contributed by atoms with E-state index in [1.54, 1.807) is 41.5 Å². The van der Waals surface area contributed by atoms with Crippen LogP contribution in [0.2, 0.25) is 0 Å². The Kier molecular flexibility index (Phi) is 37.1. The summed E-state index contributed by atoms with van der Waals surface area (Å²) in [6.07, 6.45) is 5.44. The first-order chi connectivity index (χ1) is 36.3. The van der Waals surface area contributed by atoms with E-state index in [1.165, 1.54) is 0 Å². The van der Waals surface area contributed by atoms with Crippen molar-refractivity contribution < 1.29 is 38.4 Å². The molecule has 0 aromatic carbocycles. The van der Waals surface area contributed by atoms with Gasteiger partial charge in [-0.3, -0.25) is 38.4 Å². The van der Waals surface area contributed by atoms with Gasteiger partial charge in [-0.05, 0) is 118 Å². The predicted molar refractivity (Wildman–Crippen MR) is 318 cm³/mol. The SMILES string of the molecule is CCCCNCC(=O)C(CC(=O)NCCN(C)CCN(C)C)CC(C)(C)C(=O)CC(CC(C)(C)C(=O)C(CC(=O)NCCCC(C)C)CC(C)(C)C(=O)CC(CC)C(=O)NCCCC(C)C)C(=O)NCCN(C)CCN(C)C. The molecule has 454 valence electrons. The molecule has 17 heteroatoms. The second kappa shape index (κ2) is 38.9. The first kappa shape index (κ1) is 74.4. The van der Waals surface area contributed by atoms with Gasteiger partial charge in [0, 0.05) is 131 Å². The van der Waals surface area contributed by atoms with Gasteiger partial charge in [0.2, 0.25) is 23.6 Å². The average molecular weight is 1100 g/mol. The fourth-order valence-corrected chi connectivity index (χ4v) is 9.69. The molecule has 0 aliphatic carbocycles. The summed E-state index contributed by atoms with van der Waals surface area (Å²) in [5.41, 5.74) is -3.48. The number of likely N-dealkylation sites (N-methyl/N-ethyl adjacent to an activating group) is 4. The Morgan fingerprint density at radius 1 is 0.436 bits per heavy atom. The van der Waals surface area contributed by atoms with Crippen molar-refractivity contribution in [2.45, 2.75) is 173 Å². The van der Waals surface area contributed by atoms with Gasteiger partial charge in [-0.15, -0.1) is 0 Å². The highest BCUT2D eigenvalue weighted by Gasteiger charge is 2.44. The fourth-order valence-electron chi connectivity index (χ4n) is 9.69. The molecule has 0 saturated heterocycles. The third kappa shape index (κ3) is 33.2. The van der Waals surface area contributed by atoms with Gasteiger partial charge in [0.25, 0.3) is 0 Å². The molecule has 0 aliphatic rings. The molecule has 0 aliphatic heterocycles. The van der Waals surface area contributed by atoms with Crippen LogP contribution in [-0.4, -0.2) is 187 Å². The van der Waals surface area contributed by atoms with Crippen LogP contribution < -0.4 is 26.6 Å². The molecule has 0 fully saturated rings. The van der Waals surface area contributed by atoms with Gasteiger partial charge in [-0.25, -0.2) is 0 Å². The molecule has 0 saturated carbocycles. The summed E-state index contributed by atoms with van der Waals surface area (Å²) in [6, 6.07) is 0. The maximum absolute atomic E-state index is 15.2. The number of hydrogen-bond acceptors (Lipinski definition) is 13. The Balaban J connectivity index is 7.02. The zero-order chi connectivity index (χ0) is 59.8. The fraction of sp³-hybridized carbons (Fsp3) is 0.869. The van der Waals surface area contributed by atoms with Crippen LogP contribution >= 0.6 is 0 Å².